The average Bonchev–Trinajstić information content (AvgIpc) is 2.29. The zero-order valence-corrected chi connectivity index (χ0v) is 9.83. The van der Waals surface area contributed by atoms with Crippen molar-refractivity contribution in [3.8, 4) is 11.1 Å². The van der Waals surface area contributed by atoms with Gasteiger partial charge in [0.25, 0.3) is 0 Å². The molecule has 0 spiro atoms. The van der Waals surface area contributed by atoms with Crippen LogP contribution in [-0.4, -0.2) is 5.78 Å². The van der Waals surface area contributed by atoms with Gasteiger partial charge < -0.3 is 0 Å². The predicted molar refractivity (Wildman–Crippen MR) is 66.6 cm³/mol. The van der Waals surface area contributed by atoms with E-state index >= 15 is 0 Å². The Labute approximate surface area is 99.9 Å². The van der Waals surface area contributed by atoms with Crippen molar-refractivity contribution in [2.24, 2.45) is 0 Å². The number of aryl methyl sites for hydroxylation is 1. The monoisotopic (exact) mass is 228 g/mol. The van der Waals surface area contributed by atoms with Crippen molar-refractivity contribution in [1.82, 2.24) is 0 Å². The average molecular weight is 228 g/mol. The molecule has 0 unspecified atom stereocenters. The van der Waals surface area contributed by atoms with E-state index in [0.717, 1.165) is 11.1 Å². The normalized spacial score (nSPS) is 10.3. The molecule has 2 aromatic carbocycles. The summed E-state index contributed by atoms with van der Waals surface area (Å²) in [5.41, 5.74) is 3.20. The molecule has 2 rings (SSSR count). The Bertz CT molecular complexity index is 556. The minimum Gasteiger partial charge on any atom is -0.294 e. The first kappa shape index (κ1) is 11.5. The molecule has 2 aromatic rings. The first-order valence-corrected chi connectivity index (χ1v) is 5.45. The van der Waals surface area contributed by atoms with Gasteiger partial charge in [-0.05, 0) is 43.2 Å². The zero-order valence-electron chi connectivity index (χ0n) is 9.83. The predicted octanol–water partition coefficient (Wildman–Crippen LogP) is 4.00. The first-order chi connectivity index (χ1) is 8.08. The molecule has 0 aliphatic rings. The summed E-state index contributed by atoms with van der Waals surface area (Å²) in [4.78, 5) is 11.5. The largest absolute Gasteiger partial charge is 0.294 e. The lowest BCUT2D eigenvalue weighted by atomic mass is 9.97. The van der Waals surface area contributed by atoms with Gasteiger partial charge in [-0.2, -0.15) is 0 Å². The smallest absolute Gasteiger partial charge is 0.160 e. The summed E-state index contributed by atoms with van der Waals surface area (Å²) in [6, 6.07) is 11.9. The summed E-state index contributed by atoms with van der Waals surface area (Å²) in [6.45, 7) is 3.48. The van der Waals surface area contributed by atoms with Crippen LogP contribution in [0.3, 0.4) is 0 Å². The highest BCUT2D eigenvalue weighted by molar-refractivity contribution is 6.00. The number of hydrogen-bond acceptors (Lipinski definition) is 1. The lowest BCUT2D eigenvalue weighted by Gasteiger charge is -2.07. The van der Waals surface area contributed by atoms with Crippen LogP contribution >= 0.6 is 0 Å². The van der Waals surface area contributed by atoms with Crippen LogP contribution in [0.4, 0.5) is 4.39 Å². The summed E-state index contributed by atoms with van der Waals surface area (Å²) in [5.74, 6) is -0.383. The van der Waals surface area contributed by atoms with Gasteiger partial charge in [0.15, 0.2) is 5.78 Å². The topological polar surface area (TPSA) is 17.1 Å². The molecule has 0 heterocycles. The maximum atomic E-state index is 13.3. The van der Waals surface area contributed by atoms with Gasteiger partial charge in [-0.25, -0.2) is 4.39 Å². The van der Waals surface area contributed by atoms with Crippen molar-refractivity contribution in [3.05, 3.63) is 59.4 Å². The van der Waals surface area contributed by atoms with Gasteiger partial charge in [0.05, 0.1) is 0 Å². The number of halogens is 1. The van der Waals surface area contributed by atoms with Crippen LogP contribution in [0.1, 0.15) is 22.8 Å². The van der Waals surface area contributed by atoms with Crippen molar-refractivity contribution in [1.29, 1.82) is 0 Å². The molecule has 0 saturated carbocycles. The van der Waals surface area contributed by atoms with Crippen LogP contribution in [0.25, 0.3) is 11.1 Å². The third-order valence-electron chi connectivity index (χ3n) is 2.72. The van der Waals surface area contributed by atoms with E-state index in [1.807, 2.05) is 31.2 Å². The fourth-order valence-electron chi connectivity index (χ4n) is 1.80. The molecule has 1 nitrogen and oxygen atoms in total. The molecule has 86 valence electrons. The number of Topliss-reactive ketones (excluding diaryl/α,β-unsaturated/α-hetero) is 1. The van der Waals surface area contributed by atoms with Crippen molar-refractivity contribution in [3.63, 3.8) is 0 Å². The number of benzene rings is 2. The second kappa shape index (κ2) is 4.50. The maximum Gasteiger partial charge on any atom is 0.160 e. The van der Waals surface area contributed by atoms with Gasteiger partial charge >= 0.3 is 0 Å². The van der Waals surface area contributed by atoms with Gasteiger partial charge in [-0.3, -0.25) is 4.79 Å². The molecule has 0 amide bonds. The van der Waals surface area contributed by atoms with E-state index in [2.05, 4.69) is 0 Å². The van der Waals surface area contributed by atoms with Crippen LogP contribution in [0.2, 0.25) is 0 Å². The fraction of sp³-hybridized carbons (Fsp3) is 0.133. The molecule has 0 atom stereocenters. The molecule has 2 heteroatoms. The highest BCUT2D eigenvalue weighted by Crippen LogP contribution is 2.25. The highest BCUT2D eigenvalue weighted by Gasteiger charge is 2.10. The highest BCUT2D eigenvalue weighted by atomic mass is 19.1. The minimum atomic E-state index is -0.328. The van der Waals surface area contributed by atoms with E-state index in [1.165, 1.54) is 25.1 Å². The molecule has 0 saturated heterocycles. The van der Waals surface area contributed by atoms with Crippen LogP contribution in [0.15, 0.2) is 42.5 Å². The standard InChI is InChI=1S/C15H13FO/c1-10-3-5-12(6-4-10)15-9-13(16)7-8-14(15)11(2)17/h3-9H,1-2H3. The van der Waals surface area contributed by atoms with E-state index in [-0.39, 0.29) is 11.6 Å². The van der Waals surface area contributed by atoms with Gasteiger partial charge in [-0.1, -0.05) is 29.8 Å². The quantitative estimate of drug-likeness (QED) is 0.710. The van der Waals surface area contributed by atoms with E-state index in [1.54, 1.807) is 0 Å². The van der Waals surface area contributed by atoms with E-state index in [4.69, 9.17) is 0 Å². The minimum absolute atomic E-state index is 0.0550. The second-order valence-electron chi connectivity index (χ2n) is 4.11. The second-order valence-corrected chi connectivity index (χ2v) is 4.11. The lowest BCUT2D eigenvalue weighted by Crippen LogP contribution is -1.97. The fourth-order valence-corrected chi connectivity index (χ4v) is 1.80. The molecule has 0 aliphatic heterocycles. The third kappa shape index (κ3) is 2.41. The number of carbonyl (C=O) groups is 1. The zero-order chi connectivity index (χ0) is 12.4. The molecule has 0 aromatic heterocycles. The van der Waals surface area contributed by atoms with Crippen LogP contribution in [-0.2, 0) is 0 Å². The van der Waals surface area contributed by atoms with Crippen LogP contribution < -0.4 is 0 Å². The van der Waals surface area contributed by atoms with Crippen molar-refractivity contribution in [2.45, 2.75) is 13.8 Å². The summed E-state index contributed by atoms with van der Waals surface area (Å²) >= 11 is 0. The van der Waals surface area contributed by atoms with Gasteiger partial charge in [0.1, 0.15) is 5.82 Å². The molecule has 0 bridgehead atoms. The van der Waals surface area contributed by atoms with E-state index in [9.17, 15) is 9.18 Å². The van der Waals surface area contributed by atoms with E-state index < -0.39 is 0 Å². The molecule has 0 fully saturated rings. The Morgan fingerprint density at radius 2 is 1.71 bits per heavy atom. The SMILES string of the molecule is CC(=O)c1ccc(F)cc1-c1ccc(C)cc1. The van der Waals surface area contributed by atoms with Crippen molar-refractivity contribution < 1.29 is 9.18 Å². The van der Waals surface area contributed by atoms with E-state index in [0.29, 0.717) is 11.1 Å². The Morgan fingerprint density at radius 3 is 2.29 bits per heavy atom. The number of rotatable bonds is 2. The van der Waals surface area contributed by atoms with Gasteiger partial charge in [-0.15, -0.1) is 0 Å². The van der Waals surface area contributed by atoms with Crippen LogP contribution in [0.5, 0.6) is 0 Å². The van der Waals surface area contributed by atoms with Gasteiger partial charge in [0.2, 0.25) is 0 Å². The van der Waals surface area contributed by atoms with Crippen LogP contribution in [0, 0.1) is 12.7 Å². The Morgan fingerprint density at radius 1 is 1.06 bits per heavy atom. The molecule has 0 N–H and O–H groups in total. The first-order valence-electron chi connectivity index (χ1n) is 5.45. The molecule has 0 aliphatic carbocycles. The third-order valence-corrected chi connectivity index (χ3v) is 2.72. The lowest BCUT2D eigenvalue weighted by molar-refractivity contribution is 0.101. The number of carbonyl (C=O) groups excluding carboxylic acids is 1. The summed E-state index contributed by atoms with van der Waals surface area (Å²) in [5, 5.41) is 0. The van der Waals surface area contributed by atoms with Crippen molar-refractivity contribution >= 4 is 5.78 Å². The summed E-state index contributed by atoms with van der Waals surface area (Å²) in [6.07, 6.45) is 0. The molecular formula is C15H13FO. The number of ketones is 1. The Kier molecular flexibility index (Phi) is 3.05. The summed E-state index contributed by atoms with van der Waals surface area (Å²) < 4.78 is 13.3. The number of hydrogen-bond donors (Lipinski definition) is 0. The summed E-state index contributed by atoms with van der Waals surface area (Å²) in [7, 11) is 0. The van der Waals surface area contributed by atoms with Gasteiger partial charge in [0, 0.05) is 5.56 Å². The Balaban J connectivity index is 2.60. The molecule has 17 heavy (non-hydrogen) atoms. The molecule has 0 radical (unpaired) electrons. The van der Waals surface area contributed by atoms with Crippen molar-refractivity contribution in [2.75, 3.05) is 0 Å². The molecular weight excluding hydrogens is 215 g/mol. The Hall–Kier alpha value is -1.96. The maximum absolute atomic E-state index is 13.3.